The van der Waals surface area contributed by atoms with Crippen molar-refractivity contribution in [1.29, 1.82) is 0 Å². The number of amidine groups is 1. The van der Waals surface area contributed by atoms with E-state index in [1.165, 1.54) is 12.2 Å². The second kappa shape index (κ2) is 8.53. The van der Waals surface area contributed by atoms with Gasteiger partial charge in [0.2, 0.25) is 5.95 Å². The van der Waals surface area contributed by atoms with E-state index in [0.717, 1.165) is 12.0 Å². The largest absolute Gasteiger partial charge is 0.384 e. The summed E-state index contributed by atoms with van der Waals surface area (Å²) < 4.78 is 1.86. The molecule has 3 aromatic rings. The maximum Gasteiger partial charge on any atom is 0.279 e. The summed E-state index contributed by atoms with van der Waals surface area (Å²) in [6.07, 6.45) is 6.75. The van der Waals surface area contributed by atoms with Gasteiger partial charge in [0.05, 0.1) is 16.6 Å². The summed E-state index contributed by atoms with van der Waals surface area (Å²) in [5.74, 6) is 0.407. The van der Waals surface area contributed by atoms with Crippen LogP contribution in [-0.2, 0) is 0 Å². The standard InChI is InChI=1S/C22H22Cl2N8O2/c23-14-3-4-15(16(24)10-14)17-11-19-27-7-9-31(19)21(28-17)30-8-1-2-13(12-30)22(32(33)34)6-5-18(25)29-20(22)26/h3-7,9-11,13,20H,1-2,8,12,26H2,(H2,25,29). The van der Waals surface area contributed by atoms with Gasteiger partial charge in [0.25, 0.3) is 5.54 Å². The predicted molar refractivity (Wildman–Crippen MR) is 132 cm³/mol. The molecule has 0 spiro atoms. The fraction of sp³-hybridized carbons (Fsp3) is 0.318. The first-order chi connectivity index (χ1) is 16.3. The smallest absolute Gasteiger partial charge is 0.279 e. The average Bonchev–Trinajstić information content (AvgIpc) is 3.27. The summed E-state index contributed by atoms with van der Waals surface area (Å²) >= 11 is 12.5. The Morgan fingerprint density at radius 1 is 1.26 bits per heavy atom. The Hall–Kier alpha value is -3.21. The van der Waals surface area contributed by atoms with Crippen molar-refractivity contribution in [3.63, 3.8) is 0 Å². The van der Waals surface area contributed by atoms with Crippen molar-refractivity contribution < 1.29 is 4.92 Å². The molecule has 10 nitrogen and oxygen atoms in total. The summed E-state index contributed by atoms with van der Waals surface area (Å²) in [6, 6.07) is 7.07. The third kappa shape index (κ3) is 3.67. The van der Waals surface area contributed by atoms with Gasteiger partial charge in [-0.3, -0.25) is 14.5 Å². The molecule has 2 aliphatic rings. The summed E-state index contributed by atoms with van der Waals surface area (Å²) in [5, 5.41) is 13.3. The molecule has 1 saturated heterocycles. The Balaban J connectivity index is 1.56. The number of aromatic nitrogens is 3. The molecular formula is C22H22Cl2N8O2. The van der Waals surface area contributed by atoms with Gasteiger partial charge in [-0.15, -0.1) is 0 Å². The maximum atomic E-state index is 12.3. The van der Waals surface area contributed by atoms with E-state index in [-0.39, 0.29) is 10.8 Å². The van der Waals surface area contributed by atoms with Crippen LogP contribution in [0.15, 0.2) is 53.8 Å². The molecule has 0 amide bonds. The van der Waals surface area contributed by atoms with E-state index in [2.05, 4.69) is 9.98 Å². The topological polar surface area (TPSA) is 141 Å². The highest BCUT2D eigenvalue weighted by Gasteiger charge is 2.56. The number of nitrogens with two attached hydrogens (primary N) is 2. The number of piperidine rings is 1. The van der Waals surface area contributed by atoms with E-state index in [1.54, 1.807) is 18.3 Å². The molecule has 0 bridgehead atoms. The minimum absolute atomic E-state index is 0.187. The Morgan fingerprint density at radius 3 is 2.82 bits per heavy atom. The van der Waals surface area contributed by atoms with Crippen molar-refractivity contribution in [1.82, 2.24) is 14.4 Å². The number of dihydropyridines is 1. The highest BCUT2D eigenvalue weighted by atomic mass is 35.5. The van der Waals surface area contributed by atoms with Crippen LogP contribution >= 0.6 is 23.2 Å². The number of hydrogen-bond acceptors (Lipinski definition) is 8. The maximum absolute atomic E-state index is 12.3. The lowest BCUT2D eigenvalue weighted by atomic mass is 9.76. The zero-order valence-corrected chi connectivity index (χ0v) is 19.5. The van der Waals surface area contributed by atoms with Gasteiger partial charge >= 0.3 is 0 Å². The molecule has 0 aliphatic carbocycles. The first-order valence-electron chi connectivity index (χ1n) is 10.8. The van der Waals surface area contributed by atoms with E-state index in [0.29, 0.717) is 46.8 Å². The first kappa shape index (κ1) is 22.6. The van der Waals surface area contributed by atoms with Crippen molar-refractivity contribution in [2.45, 2.75) is 24.5 Å². The van der Waals surface area contributed by atoms with Crippen LogP contribution in [0, 0.1) is 16.0 Å². The summed E-state index contributed by atoms with van der Waals surface area (Å²) in [7, 11) is 0. The number of rotatable bonds is 4. The molecule has 12 heteroatoms. The zero-order chi connectivity index (χ0) is 24.0. The SMILES string of the molecule is NC1=NC(N)C(C2CCCN(c3nc(-c4ccc(Cl)cc4Cl)cc4nccn34)C2)([N+](=O)[O-])C=C1. The number of fused-ring (bicyclic) bond motifs is 1. The molecule has 3 unspecified atom stereocenters. The van der Waals surface area contributed by atoms with E-state index in [9.17, 15) is 10.1 Å². The number of hydrogen-bond donors (Lipinski definition) is 2. The average molecular weight is 501 g/mol. The monoisotopic (exact) mass is 500 g/mol. The van der Waals surface area contributed by atoms with Crippen LogP contribution in [-0.4, -0.2) is 49.9 Å². The van der Waals surface area contributed by atoms with Gasteiger partial charge in [0.15, 0.2) is 6.17 Å². The zero-order valence-electron chi connectivity index (χ0n) is 18.0. The summed E-state index contributed by atoms with van der Waals surface area (Å²) in [4.78, 5) is 27.4. The van der Waals surface area contributed by atoms with Gasteiger partial charge in [-0.1, -0.05) is 23.2 Å². The molecule has 5 rings (SSSR count). The lowest BCUT2D eigenvalue weighted by Gasteiger charge is -2.41. The molecule has 3 atom stereocenters. The highest BCUT2D eigenvalue weighted by molar-refractivity contribution is 6.36. The molecule has 0 saturated carbocycles. The van der Waals surface area contributed by atoms with Crippen molar-refractivity contribution in [3.05, 3.63) is 69.0 Å². The van der Waals surface area contributed by atoms with Crippen LogP contribution in [0.3, 0.4) is 0 Å². The van der Waals surface area contributed by atoms with Crippen molar-refractivity contribution in [2.24, 2.45) is 22.4 Å². The van der Waals surface area contributed by atoms with Gasteiger partial charge in [-0.2, -0.15) is 0 Å². The molecule has 1 aromatic carbocycles. The molecule has 2 aromatic heterocycles. The van der Waals surface area contributed by atoms with E-state index in [4.69, 9.17) is 39.7 Å². The molecular weight excluding hydrogens is 479 g/mol. The summed E-state index contributed by atoms with van der Waals surface area (Å²) in [5.41, 5.74) is 12.4. The molecule has 4 N–H and O–H groups in total. The van der Waals surface area contributed by atoms with E-state index >= 15 is 0 Å². The predicted octanol–water partition coefficient (Wildman–Crippen LogP) is 3.15. The third-order valence-corrected chi connectivity index (χ3v) is 7.08. The van der Waals surface area contributed by atoms with E-state index in [1.807, 2.05) is 27.6 Å². The second-order valence-electron chi connectivity index (χ2n) is 8.48. The number of halogens is 2. The van der Waals surface area contributed by atoms with Crippen LogP contribution < -0.4 is 16.4 Å². The number of nitrogens with zero attached hydrogens (tertiary/aromatic N) is 6. The van der Waals surface area contributed by atoms with Crippen LogP contribution in [0.25, 0.3) is 16.9 Å². The quantitative estimate of drug-likeness (QED) is 0.413. The van der Waals surface area contributed by atoms with Crippen LogP contribution in [0.2, 0.25) is 10.0 Å². The molecule has 4 heterocycles. The normalized spacial score (nSPS) is 24.9. The first-order valence-corrected chi connectivity index (χ1v) is 11.5. The Labute approximate surface area is 205 Å². The van der Waals surface area contributed by atoms with Gasteiger partial charge < -0.3 is 16.4 Å². The number of benzene rings is 1. The molecule has 1 fully saturated rings. The van der Waals surface area contributed by atoms with Crippen LogP contribution in [0.5, 0.6) is 0 Å². The second-order valence-corrected chi connectivity index (χ2v) is 9.33. The Morgan fingerprint density at radius 2 is 2.09 bits per heavy atom. The van der Waals surface area contributed by atoms with Gasteiger partial charge in [-0.05, 0) is 43.2 Å². The lowest BCUT2D eigenvalue weighted by molar-refractivity contribution is -0.569. The fourth-order valence-corrected chi connectivity index (χ4v) is 5.33. The van der Waals surface area contributed by atoms with Crippen molar-refractivity contribution >= 4 is 40.6 Å². The molecule has 176 valence electrons. The number of imidazole rings is 1. The molecule has 0 radical (unpaired) electrons. The molecule has 34 heavy (non-hydrogen) atoms. The summed E-state index contributed by atoms with van der Waals surface area (Å²) in [6.45, 7) is 1.04. The van der Waals surface area contributed by atoms with E-state index < -0.39 is 17.6 Å². The minimum Gasteiger partial charge on any atom is -0.384 e. The van der Waals surface area contributed by atoms with Gasteiger partial charge in [0.1, 0.15) is 11.5 Å². The Kier molecular flexibility index (Phi) is 5.67. The number of anilines is 1. The van der Waals surface area contributed by atoms with Gasteiger partial charge in [0, 0.05) is 47.1 Å². The van der Waals surface area contributed by atoms with Crippen LogP contribution in [0.4, 0.5) is 5.95 Å². The Bertz CT molecular complexity index is 1340. The van der Waals surface area contributed by atoms with Crippen LogP contribution in [0.1, 0.15) is 12.8 Å². The number of nitro groups is 1. The highest BCUT2D eigenvalue weighted by Crippen LogP contribution is 2.37. The lowest BCUT2D eigenvalue weighted by Crippen LogP contribution is -2.62. The molecule has 2 aliphatic heterocycles. The van der Waals surface area contributed by atoms with Crippen molar-refractivity contribution in [2.75, 3.05) is 18.0 Å². The number of aliphatic imine (C=N–C) groups is 1. The fourth-order valence-electron chi connectivity index (χ4n) is 4.82. The van der Waals surface area contributed by atoms with Crippen molar-refractivity contribution in [3.8, 4) is 11.3 Å². The third-order valence-electron chi connectivity index (χ3n) is 6.54. The van der Waals surface area contributed by atoms with Gasteiger partial charge in [-0.25, -0.2) is 15.0 Å². The minimum atomic E-state index is -1.55.